The maximum absolute atomic E-state index is 12.9. The molecule has 0 atom stereocenters. The van der Waals surface area contributed by atoms with E-state index in [4.69, 9.17) is 16.9 Å². The maximum atomic E-state index is 12.9. The van der Waals surface area contributed by atoms with Gasteiger partial charge in [-0.05, 0) is 34.7 Å². The number of nitriles is 1. The fraction of sp³-hybridized carbons (Fsp3) is 0. The Hall–Kier alpha value is -0.340. The van der Waals surface area contributed by atoms with Crippen molar-refractivity contribution in [1.82, 2.24) is 0 Å². The molecular formula is C7H2ClFIN. The first-order chi connectivity index (χ1) is 5.16. The molecule has 0 amide bonds. The Balaban J connectivity index is 3.40. The maximum Gasteiger partial charge on any atom is 0.160 e. The third kappa shape index (κ3) is 1.63. The van der Waals surface area contributed by atoms with E-state index in [9.17, 15) is 4.39 Å². The number of benzene rings is 1. The summed E-state index contributed by atoms with van der Waals surface area (Å²) in [4.78, 5) is 0. The van der Waals surface area contributed by atoms with Crippen molar-refractivity contribution >= 4 is 34.2 Å². The molecule has 1 aromatic rings. The third-order valence-electron chi connectivity index (χ3n) is 1.16. The second-order valence-corrected chi connectivity index (χ2v) is 3.37. The van der Waals surface area contributed by atoms with E-state index in [0.717, 1.165) is 0 Å². The largest absolute Gasteiger partial charge is 0.204 e. The van der Waals surface area contributed by atoms with Gasteiger partial charge in [-0.25, -0.2) is 4.39 Å². The predicted octanol–water partition coefficient (Wildman–Crippen LogP) is 2.96. The fourth-order valence-corrected chi connectivity index (χ4v) is 1.19. The van der Waals surface area contributed by atoms with E-state index in [1.807, 2.05) is 22.6 Å². The van der Waals surface area contributed by atoms with Gasteiger partial charge in [-0.15, -0.1) is 0 Å². The van der Waals surface area contributed by atoms with Crippen LogP contribution in [0, 0.1) is 20.7 Å². The molecule has 4 heteroatoms. The summed E-state index contributed by atoms with van der Waals surface area (Å²) in [6.45, 7) is 0. The average molecular weight is 281 g/mol. The fourth-order valence-electron chi connectivity index (χ4n) is 0.612. The minimum atomic E-state index is -0.638. The molecule has 0 saturated heterocycles. The van der Waals surface area contributed by atoms with Gasteiger partial charge in [0.15, 0.2) is 5.82 Å². The lowest BCUT2D eigenvalue weighted by Gasteiger charge is -1.97. The highest BCUT2D eigenvalue weighted by Gasteiger charge is 2.08. The van der Waals surface area contributed by atoms with Crippen molar-refractivity contribution in [1.29, 1.82) is 5.26 Å². The molecule has 1 rings (SSSR count). The van der Waals surface area contributed by atoms with Gasteiger partial charge < -0.3 is 0 Å². The minimum absolute atomic E-state index is 0.0181. The molecule has 0 aromatic heterocycles. The summed E-state index contributed by atoms with van der Waals surface area (Å²) in [5.74, 6) is -0.638. The van der Waals surface area contributed by atoms with Crippen molar-refractivity contribution in [2.75, 3.05) is 0 Å². The molecule has 0 heterocycles. The van der Waals surface area contributed by atoms with Crippen LogP contribution in [0.15, 0.2) is 12.1 Å². The van der Waals surface area contributed by atoms with Gasteiger partial charge in [0, 0.05) is 3.57 Å². The highest BCUT2D eigenvalue weighted by Crippen LogP contribution is 2.23. The number of hydrogen-bond acceptors (Lipinski definition) is 1. The van der Waals surface area contributed by atoms with Crippen LogP contribution in [0.2, 0.25) is 5.02 Å². The van der Waals surface area contributed by atoms with Crippen LogP contribution in [0.4, 0.5) is 4.39 Å². The second-order valence-electron chi connectivity index (χ2n) is 1.83. The lowest BCUT2D eigenvalue weighted by molar-refractivity contribution is 0.623. The molecule has 0 spiro atoms. The van der Waals surface area contributed by atoms with E-state index in [0.29, 0.717) is 3.57 Å². The minimum Gasteiger partial charge on any atom is -0.204 e. The van der Waals surface area contributed by atoms with Gasteiger partial charge >= 0.3 is 0 Å². The predicted molar refractivity (Wildman–Crippen MR) is 48.8 cm³/mol. The standard InChI is InChI=1S/C7H2ClFIN/c8-6-5(10)2-1-4(3-11)7(6)9/h1-2H. The Labute approximate surface area is 81.9 Å². The van der Waals surface area contributed by atoms with E-state index in [1.54, 1.807) is 12.1 Å². The van der Waals surface area contributed by atoms with Crippen molar-refractivity contribution < 1.29 is 4.39 Å². The lowest BCUT2D eigenvalue weighted by atomic mass is 10.2. The van der Waals surface area contributed by atoms with Crippen molar-refractivity contribution in [2.24, 2.45) is 0 Å². The Morgan fingerprint density at radius 1 is 1.55 bits per heavy atom. The molecule has 0 radical (unpaired) electrons. The van der Waals surface area contributed by atoms with Gasteiger partial charge in [0.1, 0.15) is 6.07 Å². The lowest BCUT2D eigenvalue weighted by Crippen LogP contribution is -1.86. The summed E-state index contributed by atoms with van der Waals surface area (Å²) < 4.78 is 13.5. The molecule has 11 heavy (non-hydrogen) atoms. The first-order valence-electron chi connectivity index (χ1n) is 2.70. The highest BCUT2D eigenvalue weighted by molar-refractivity contribution is 14.1. The molecule has 1 nitrogen and oxygen atoms in total. The highest BCUT2D eigenvalue weighted by atomic mass is 127. The number of halogens is 3. The van der Waals surface area contributed by atoms with Gasteiger partial charge in [-0.3, -0.25) is 0 Å². The molecular weight excluding hydrogens is 279 g/mol. The van der Waals surface area contributed by atoms with Crippen LogP contribution in [-0.2, 0) is 0 Å². The SMILES string of the molecule is N#Cc1ccc(I)c(Cl)c1F. The quantitative estimate of drug-likeness (QED) is 0.530. The molecule has 0 aliphatic rings. The van der Waals surface area contributed by atoms with Crippen molar-refractivity contribution in [3.05, 3.63) is 32.1 Å². The van der Waals surface area contributed by atoms with Crippen LogP contribution in [0.5, 0.6) is 0 Å². The van der Waals surface area contributed by atoms with E-state index < -0.39 is 5.82 Å². The molecule has 56 valence electrons. The Kier molecular flexibility index (Phi) is 2.68. The summed E-state index contributed by atoms with van der Waals surface area (Å²) >= 11 is 7.43. The smallest absolute Gasteiger partial charge is 0.160 e. The molecule has 1 aromatic carbocycles. The first kappa shape index (κ1) is 8.75. The van der Waals surface area contributed by atoms with Gasteiger partial charge in [-0.1, -0.05) is 11.6 Å². The number of nitrogens with zero attached hydrogens (tertiary/aromatic N) is 1. The average Bonchev–Trinajstić information content (AvgIpc) is 2.01. The van der Waals surface area contributed by atoms with Crippen molar-refractivity contribution in [3.8, 4) is 6.07 Å². The van der Waals surface area contributed by atoms with Gasteiger partial charge in [0.25, 0.3) is 0 Å². The number of rotatable bonds is 0. The summed E-state index contributed by atoms with van der Waals surface area (Å²) in [5, 5.41) is 8.40. The second kappa shape index (κ2) is 3.37. The monoisotopic (exact) mass is 281 g/mol. The zero-order valence-electron chi connectivity index (χ0n) is 5.24. The molecule has 0 unspecified atom stereocenters. The van der Waals surface area contributed by atoms with Gasteiger partial charge in [-0.2, -0.15) is 5.26 Å². The Morgan fingerprint density at radius 3 is 2.73 bits per heavy atom. The summed E-state index contributed by atoms with van der Waals surface area (Å²) in [6, 6.07) is 4.71. The van der Waals surface area contributed by atoms with Crippen LogP contribution < -0.4 is 0 Å². The molecule has 0 fully saturated rings. The molecule has 0 aliphatic carbocycles. The Bertz CT molecular complexity index is 332. The van der Waals surface area contributed by atoms with E-state index >= 15 is 0 Å². The van der Waals surface area contributed by atoms with Crippen LogP contribution in [-0.4, -0.2) is 0 Å². The zero-order valence-corrected chi connectivity index (χ0v) is 8.15. The normalized spacial score (nSPS) is 9.27. The van der Waals surface area contributed by atoms with Gasteiger partial charge in [0.05, 0.1) is 10.6 Å². The molecule has 0 N–H and O–H groups in total. The van der Waals surface area contributed by atoms with Crippen LogP contribution in [0.25, 0.3) is 0 Å². The molecule has 0 aliphatic heterocycles. The van der Waals surface area contributed by atoms with Crippen LogP contribution >= 0.6 is 34.2 Å². The van der Waals surface area contributed by atoms with Crippen molar-refractivity contribution in [2.45, 2.75) is 0 Å². The summed E-state index contributed by atoms with van der Waals surface area (Å²) in [7, 11) is 0. The van der Waals surface area contributed by atoms with Crippen LogP contribution in [0.1, 0.15) is 5.56 Å². The topological polar surface area (TPSA) is 23.8 Å². The summed E-state index contributed by atoms with van der Waals surface area (Å²) in [5.41, 5.74) is -0.0181. The van der Waals surface area contributed by atoms with E-state index in [1.165, 1.54) is 6.07 Å². The van der Waals surface area contributed by atoms with Crippen LogP contribution in [0.3, 0.4) is 0 Å². The van der Waals surface area contributed by atoms with Gasteiger partial charge in [0.2, 0.25) is 0 Å². The third-order valence-corrected chi connectivity index (χ3v) is 2.74. The van der Waals surface area contributed by atoms with Crippen molar-refractivity contribution in [3.63, 3.8) is 0 Å². The Morgan fingerprint density at radius 2 is 2.18 bits per heavy atom. The number of hydrogen-bond donors (Lipinski definition) is 0. The molecule has 0 bridgehead atoms. The van der Waals surface area contributed by atoms with E-state index in [2.05, 4.69) is 0 Å². The summed E-state index contributed by atoms with van der Waals surface area (Å²) in [6.07, 6.45) is 0. The first-order valence-corrected chi connectivity index (χ1v) is 4.16. The zero-order chi connectivity index (χ0) is 8.43. The molecule has 0 saturated carbocycles. The van der Waals surface area contributed by atoms with E-state index in [-0.39, 0.29) is 10.6 Å².